The molecule has 1 aliphatic heterocycles. The first kappa shape index (κ1) is 39.7. The van der Waals surface area contributed by atoms with E-state index in [9.17, 15) is 39.0 Å². The number of carbonyl (C=O) groups excluding carboxylic acids is 4. The van der Waals surface area contributed by atoms with E-state index in [1.807, 2.05) is 0 Å². The Bertz CT molecular complexity index is 1840. The lowest BCUT2D eigenvalue weighted by molar-refractivity contribution is -0.133. The lowest BCUT2D eigenvalue weighted by atomic mass is 9.90. The molecule has 0 bridgehead atoms. The maximum Gasteiger partial charge on any atom is 0.336 e. The van der Waals surface area contributed by atoms with Crippen molar-refractivity contribution in [2.45, 2.75) is 12.8 Å². The fourth-order valence-electron chi connectivity index (χ4n) is 4.56. The van der Waals surface area contributed by atoms with Crippen LogP contribution >= 0.6 is 0 Å². The second-order valence-corrected chi connectivity index (χ2v) is 10.5. The monoisotopic (exact) mass is 710 g/mol. The third-order valence-corrected chi connectivity index (χ3v) is 6.85. The van der Waals surface area contributed by atoms with Crippen molar-refractivity contribution in [2.24, 2.45) is 5.73 Å². The van der Waals surface area contributed by atoms with Crippen LogP contribution in [0.3, 0.4) is 0 Å². The van der Waals surface area contributed by atoms with Crippen molar-refractivity contribution in [3.8, 4) is 28.2 Å². The average molecular weight is 711 g/mol. The van der Waals surface area contributed by atoms with E-state index in [4.69, 9.17) is 29.6 Å². The third kappa shape index (κ3) is 12.6. The molecule has 51 heavy (non-hydrogen) atoms. The van der Waals surface area contributed by atoms with Crippen LogP contribution in [-0.2, 0) is 28.6 Å². The van der Waals surface area contributed by atoms with E-state index in [0.717, 1.165) is 0 Å². The van der Waals surface area contributed by atoms with Crippen LogP contribution in [0.4, 0.5) is 10.5 Å². The van der Waals surface area contributed by atoms with Crippen molar-refractivity contribution >= 4 is 46.6 Å². The molecular weight excluding hydrogens is 672 g/mol. The van der Waals surface area contributed by atoms with Crippen LogP contribution in [0, 0.1) is 0 Å². The van der Waals surface area contributed by atoms with E-state index in [2.05, 4.69) is 10.6 Å². The summed E-state index contributed by atoms with van der Waals surface area (Å²) in [7, 11) is 0. The zero-order chi connectivity index (χ0) is 37.2. The number of carboxylic acids is 1. The number of aromatic carboxylic acids is 1. The highest BCUT2D eigenvalue weighted by Crippen LogP contribution is 2.42. The molecule has 1 heterocycles. The first-order chi connectivity index (χ1) is 24.6. The van der Waals surface area contributed by atoms with E-state index in [0.29, 0.717) is 61.7 Å². The first-order valence-corrected chi connectivity index (χ1v) is 15.5. The standard InChI is InChI=1S/C29H31N3O9.C5H7NO4/c30-7-9-38-11-13-40-14-12-39-10-8-31-29(37)32-18-1-4-21(24(15-18)28(35)36)27-22-5-2-19(33)16-25(22)41-26-17-20(34)3-6-23(26)27;7-3-4(8)1-2-5(9)6-10/h1-6,15-17,33H,7-14,30H2,(H,35,36)(H2,31,32,37);3,10H,1-2H2,(H,6,9). The number of rotatable bonds is 18. The normalized spacial score (nSPS) is 10.6. The molecule has 3 amide bonds. The SMILES string of the molecule is NCCOCCOCCOCCNC(=O)Nc1ccc(-c2c3ccc(=O)cc-3oc3cc(O)ccc23)c(C(=O)O)c1.O=CC(=O)CCC(=O)NO. The van der Waals surface area contributed by atoms with E-state index in [1.54, 1.807) is 24.3 Å². The van der Waals surface area contributed by atoms with Gasteiger partial charge in [0.05, 0.1) is 45.2 Å². The summed E-state index contributed by atoms with van der Waals surface area (Å²) in [4.78, 5) is 66.7. The predicted octanol–water partition coefficient (Wildman–Crippen LogP) is 2.14. The van der Waals surface area contributed by atoms with Crippen molar-refractivity contribution in [2.75, 3.05) is 58.0 Å². The highest BCUT2D eigenvalue weighted by Gasteiger charge is 2.22. The highest BCUT2D eigenvalue weighted by molar-refractivity contribution is 6.25. The lowest BCUT2D eigenvalue weighted by Crippen LogP contribution is -2.31. The van der Waals surface area contributed by atoms with Crippen molar-refractivity contribution in [1.82, 2.24) is 10.8 Å². The predicted molar refractivity (Wildman–Crippen MR) is 182 cm³/mol. The van der Waals surface area contributed by atoms with Crippen molar-refractivity contribution < 1.29 is 58.0 Å². The van der Waals surface area contributed by atoms with Gasteiger partial charge in [0.25, 0.3) is 0 Å². The number of hydrogen-bond acceptors (Lipinski definition) is 13. The number of nitrogens with one attached hydrogen (secondary N) is 3. The Kier molecular flexibility index (Phi) is 16.1. The molecule has 0 atom stereocenters. The number of carbonyl (C=O) groups is 5. The van der Waals surface area contributed by atoms with E-state index >= 15 is 0 Å². The van der Waals surface area contributed by atoms with Gasteiger partial charge in [0, 0.05) is 60.3 Å². The van der Waals surface area contributed by atoms with Crippen molar-refractivity contribution in [3.63, 3.8) is 0 Å². The molecule has 0 unspecified atom stereocenters. The van der Waals surface area contributed by atoms with Gasteiger partial charge in [-0.25, -0.2) is 15.1 Å². The van der Waals surface area contributed by atoms with Gasteiger partial charge >= 0.3 is 12.0 Å². The number of nitrogens with two attached hydrogens (primary N) is 1. The maximum absolute atomic E-state index is 12.4. The van der Waals surface area contributed by atoms with E-state index in [1.165, 1.54) is 35.8 Å². The number of phenolic OH excluding ortho intramolecular Hbond substituents is 1. The quantitative estimate of drug-likeness (QED) is 0.0195. The minimum atomic E-state index is -1.22. The number of urea groups is 1. The number of Topliss-reactive ketones (excluding diaryl/α,β-unsaturated/α-hetero) is 1. The number of ketones is 1. The number of amides is 3. The smallest absolute Gasteiger partial charge is 0.336 e. The van der Waals surface area contributed by atoms with Gasteiger partial charge in [-0.3, -0.25) is 24.4 Å². The molecule has 0 radical (unpaired) electrons. The van der Waals surface area contributed by atoms with Crippen LogP contribution in [0.1, 0.15) is 23.2 Å². The minimum Gasteiger partial charge on any atom is -0.508 e. The van der Waals surface area contributed by atoms with Crippen LogP contribution in [0.2, 0.25) is 0 Å². The fraction of sp³-hybridized carbons (Fsp3) is 0.294. The van der Waals surface area contributed by atoms with Gasteiger partial charge in [0.1, 0.15) is 17.1 Å². The number of aromatic hydroxyl groups is 1. The Morgan fingerprint density at radius 3 is 2.20 bits per heavy atom. The molecule has 17 nitrogen and oxygen atoms in total. The molecule has 17 heteroatoms. The van der Waals surface area contributed by atoms with Crippen molar-refractivity contribution in [1.29, 1.82) is 0 Å². The highest BCUT2D eigenvalue weighted by atomic mass is 16.5. The number of fused-ring (bicyclic) bond motifs is 2. The third-order valence-electron chi connectivity index (χ3n) is 6.85. The number of carboxylic acid groups (broad SMARTS) is 1. The molecule has 272 valence electrons. The molecule has 2 aromatic carbocycles. The fourth-order valence-corrected chi connectivity index (χ4v) is 4.56. The van der Waals surface area contributed by atoms with Crippen LogP contribution in [0.5, 0.6) is 5.75 Å². The van der Waals surface area contributed by atoms with Gasteiger partial charge in [-0.05, 0) is 42.0 Å². The Hall–Kier alpha value is -5.72. The van der Waals surface area contributed by atoms with Crippen LogP contribution in [0.15, 0.2) is 63.8 Å². The second-order valence-electron chi connectivity index (χ2n) is 10.5. The minimum absolute atomic E-state index is 0.0447. The Morgan fingerprint density at radius 2 is 1.53 bits per heavy atom. The molecule has 0 spiro atoms. The van der Waals surface area contributed by atoms with Gasteiger partial charge in [-0.15, -0.1) is 0 Å². The molecule has 2 aliphatic rings. The number of ether oxygens (including phenoxy) is 3. The summed E-state index contributed by atoms with van der Waals surface area (Å²) in [6.07, 6.45) is -0.172. The molecule has 1 aliphatic carbocycles. The topological polar surface area (TPSA) is 266 Å². The molecule has 0 saturated carbocycles. The van der Waals surface area contributed by atoms with Crippen molar-refractivity contribution in [3.05, 3.63) is 70.4 Å². The zero-order valence-electron chi connectivity index (χ0n) is 27.3. The molecule has 0 saturated heterocycles. The number of benzene rings is 3. The van der Waals surface area contributed by atoms with E-state index in [-0.39, 0.29) is 66.1 Å². The van der Waals surface area contributed by atoms with Crippen LogP contribution < -0.4 is 27.3 Å². The van der Waals surface area contributed by atoms with Gasteiger partial charge < -0.3 is 45.2 Å². The number of hydroxylamine groups is 1. The number of aldehydes is 1. The number of anilines is 1. The summed E-state index contributed by atoms with van der Waals surface area (Å²) < 4.78 is 21.8. The summed E-state index contributed by atoms with van der Waals surface area (Å²) >= 11 is 0. The summed E-state index contributed by atoms with van der Waals surface area (Å²) in [5, 5.41) is 33.8. The van der Waals surface area contributed by atoms with Gasteiger partial charge in [0.15, 0.2) is 17.5 Å². The summed E-state index contributed by atoms with van der Waals surface area (Å²) in [6.45, 7) is 3.10. The lowest BCUT2D eigenvalue weighted by Gasteiger charge is -2.17. The Morgan fingerprint density at radius 1 is 0.843 bits per heavy atom. The van der Waals surface area contributed by atoms with E-state index < -0.39 is 23.7 Å². The molecule has 8 N–H and O–H groups in total. The molecule has 0 fully saturated rings. The second kappa shape index (κ2) is 20.7. The molecule has 2 aromatic rings. The Balaban J connectivity index is 0.000000612. The molecule has 0 aromatic heterocycles. The van der Waals surface area contributed by atoms with Crippen LogP contribution in [0.25, 0.3) is 33.4 Å². The maximum atomic E-state index is 12.4. The van der Waals surface area contributed by atoms with Crippen LogP contribution in [-0.4, -0.2) is 98.1 Å². The molecular formula is C34H38N4O13. The number of hydrogen-bond donors (Lipinski definition) is 7. The first-order valence-electron chi connectivity index (χ1n) is 15.5. The Labute approximate surface area is 290 Å². The summed E-state index contributed by atoms with van der Waals surface area (Å²) in [5.74, 6) is -2.34. The average Bonchev–Trinajstić information content (AvgIpc) is 3.11. The zero-order valence-corrected chi connectivity index (χ0v) is 27.3. The largest absolute Gasteiger partial charge is 0.508 e. The summed E-state index contributed by atoms with van der Waals surface area (Å²) in [5.41, 5.74) is 8.24. The summed E-state index contributed by atoms with van der Waals surface area (Å²) in [6, 6.07) is 12.7. The van der Waals surface area contributed by atoms with Gasteiger partial charge in [-0.1, -0.05) is 6.07 Å². The molecule has 4 rings (SSSR count). The van der Waals surface area contributed by atoms with Gasteiger partial charge in [0.2, 0.25) is 5.91 Å². The number of phenols is 1. The van der Waals surface area contributed by atoms with Gasteiger partial charge in [-0.2, -0.15) is 0 Å².